The van der Waals surface area contributed by atoms with E-state index in [1.165, 1.54) is 6.42 Å². The molecule has 4 rings (SSSR count). The number of imide groups is 1. The molecule has 1 aromatic rings. The number of ether oxygens (including phenoxy) is 3. The van der Waals surface area contributed by atoms with Crippen LogP contribution in [-0.4, -0.2) is 68.6 Å². The van der Waals surface area contributed by atoms with Crippen molar-refractivity contribution >= 4 is 18.1 Å². The van der Waals surface area contributed by atoms with Crippen molar-refractivity contribution in [2.24, 2.45) is 11.8 Å². The van der Waals surface area contributed by atoms with Crippen LogP contribution in [0.2, 0.25) is 0 Å². The summed E-state index contributed by atoms with van der Waals surface area (Å²) in [4.78, 5) is 43.4. The Morgan fingerprint density at radius 2 is 1.81 bits per heavy atom. The molecule has 1 aliphatic carbocycles. The largest absolute Gasteiger partial charge is 0.444 e. The molecule has 9 heteroatoms. The number of aliphatic hydroxyl groups is 1. The van der Waals surface area contributed by atoms with E-state index in [-0.39, 0.29) is 6.42 Å². The van der Waals surface area contributed by atoms with Crippen LogP contribution < -0.4 is 0 Å². The van der Waals surface area contributed by atoms with Crippen molar-refractivity contribution in [2.45, 2.75) is 128 Å². The van der Waals surface area contributed by atoms with Gasteiger partial charge in [-0.25, -0.2) is 14.5 Å². The van der Waals surface area contributed by atoms with Gasteiger partial charge in [0.1, 0.15) is 23.5 Å². The topological polar surface area (TPSA) is 106 Å². The lowest BCUT2D eigenvalue weighted by Crippen LogP contribution is -2.53. The number of aliphatic hydroxyl groups excluding tert-OH is 1. The smallest absolute Gasteiger partial charge is 0.417 e. The Bertz CT molecular complexity index is 1120. The molecule has 4 unspecified atom stereocenters. The van der Waals surface area contributed by atoms with Crippen LogP contribution in [0.3, 0.4) is 0 Å². The molecule has 0 aromatic heterocycles. The molecule has 3 fully saturated rings. The maximum absolute atomic E-state index is 14.0. The molecule has 232 valence electrons. The van der Waals surface area contributed by atoms with Gasteiger partial charge in [0.05, 0.1) is 24.1 Å². The van der Waals surface area contributed by atoms with E-state index in [2.05, 4.69) is 6.58 Å². The zero-order chi connectivity index (χ0) is 30.8. The van der Waals surface area contributed by atoms with Crippen LogP contribution >= 0.6 is 0 Å². The average Bonchev–Trinajstić information content (AvgIpc) is 3.37. The molecule has 2 heterocycles. The van der Waals surface area contributed by atoms with Gasteiger partial charge in [0.15, 0.2) is 0 Å². The molecule has 9 nitrogen and oxygen atoms in total. The van der Waals surface area contributed by atoms with Crippen LogP contribution in [0, 0.1) is 11.8 Å². The monoisotopic (exact) mass is 584 g/mol. The Labute approximate surface area is 250 Å². The summed E-state index contributed by atoms with van der Waals surface area (Å²) in [5.41, 5.74) is -1.02. The van der Waals surface area contributed by atoms with E-state index in [0.29, 0.717) is 12.3 Å². The van der Waals surface area contributed by atoms with Crippen LogP contribution in [0.5, 0.6) is 0 Å². The third-order valence-electron chi connectivity index (χ3n) is 8.73. The van der Waals surface area contributed by atoms with Crippen LogP contribution in [0.15, 0.2) is 43.0 Å². The summed E-state index contributed by atoms with van der Waals surface area (Å²) in [6.07, 6.45) is 3.75. The molecule has 0 radical (unpaired) electrons. The summed E-state index contributed by atoms with van der Waals surface area (Å²) in [6.45, 7) is 14.6. The minimum absolute atomic E-state index is 0.120. The van der Waals surface area contributed by atoms with Crippen LogP contribution in [0.25, 0.3) is 0 Å². The van der Waals surface area contributed by atoms with E-state index in [1.54, 1.807) is 31.7 Å². The van der Waals surface area contributed by atoms with E-state index < -0.39 is 65.7 Å². The van der Waals surface area contributed by atoms with Crippen molar-refractivity contribution in [3.8, 4) is 0 Å². The van der Waals surface area contributed by atoms with Crippen molar-refractivity contribution in [2.75, 3.05) is 0 Å². The van der Waals surface area contributed by atoms with Crippen molar-refractivity contribution in [1.29, 1.82) is 0 Å². The number of allylic oxidation sites excluding steroid dienone is 1. The number of carbonyl (C=O) groups excluding carboxylic acids is 3. The molecule has 1 N–H and O–H groups in total. The van der Waals surface area contributed by atoms with Crippen LogP contribution in [0.1, 0.15) is 98.2 Å². The fraction of sp³-hybridized carbons (Fsp3) is 0.667. The van der Waals surface area contributed by atoms with E-state index in [1.807, 2.05) is 51.1 Å². The first-order valence-electron chi connectivity index (χ1n) is 15.3. The number of amides is 3. The van der Waals surface area contributed by atoms with Gasteiger partial charge in [0.25, 0.3) is 0 Å². The van der Waals surface area contributed by atoms with Gasteiger partial charge in [-0.3, -0.25) is 9.69 Å². The summed E-state index contributed by atoms with van der Waals surface area (Å²) >= 11 is 0. The van der Waals surface area contributed by atoms with Crippen LogP contribution in [0.4, 0.5) is 9.59 Å². The molecule has 42 heavy (non-hydrogen) atoms. The zero-order valence-electron chi connectivity index (χ0n) is 26.0. The highest BCUT2D eigenvalue weighted by Gasteiger charge is 2.56. The Kier molecular flexibility index (Phi) is 9.72. The van der Waals surface area contributed by atoms with E-state index in [0.717, 1.165) is 36.1 Å². The Morgan fingerprint density at radius 3 is 2.40 bits per heavy atom. The first-order chi connectivity index (χ1) is 19.7. The minimum atomic E-state index is -1.31. The van der Waals surface area contributed by atoms with Crippen molar-refractivity contribution < 1.29 is 33.7 Å². The zero-order valence-corrected chi connectivity index (χ0v) is 26.0. The highest BCUT2D eigenvalue weighted by Crippen LogP contribution is 2.42. The third kappa shape index (κ3) is 6.83. The van der Waals surface area contributed by atoms with Gasteiger partial charge in [-0.15, -0.1) is 6.58 Å². The van der Waals surface area contributed by atoms with Gasteiger partial charge >= 0.3 is 12.2 Å². The summed E-state index contributed by atoms with van der Waals surface area (Å²) in [5.74, 6) is -1.22. The van der Waals surface area contributed by atoms with Crippen LogP contribution in [-0.2, 0) is 19.0 Å². The first kappa shape index (κ1) is 32.0. The quantitative estimate of drug-likeness (QED) is 0.355. The molecular formula is C33H48N2O7. The summed E-state index contributed by atoms with van der Waals surface area (Å²) in [6, 6.07) is 8.19. The highest BCUT2D eigenvalue weighted by molar-refractivity contribution is 5.95. The molecule has 3 aliphatic rings. The van der Waals surface area contributed by atoms with Gasteiger partial charge in [-0.05, 0) is 65.9 Å². The van der Waals surface area contributed by atoms with Gasteiger partial charge < -0.3 is 19.3 Å². The summed E-state index contributed by atoms with van der Waals surface area (Å²) < 4.78 is 17.9. The predicted octanol–water partition coefficient (Wildman–Crippen LogP) is 6.36. The van der Waals surface area contributed by atoms with Crippen molar-refractivity contribution in [3.05, 3.63) is 48.6 Å². The molecule has 2 saturated heterocycles. The molecule has 1 aromatic carbocycles. The summed E-state index contributed by atoms with van der Waals surface area (Å²) in [5, 5.41) is 11.9. The second-order valence-electron chi connectivity index (χ2n) is 13.5. The maximum atomic E-state index is 14.0. The second-order valence-corrected chi connectivity index (χ2v) is 13.5. The van der Waals surface area contributed by atoms with Crippen molar-refractivity contribution in [3.63, 3.8) is 0 Å². The molecule has 0 spiro atoms. The molecular weight excluding hydrogens is 536 g/mol. The summed E-state index contributed by atoms with van der Waals surface area (Å²) in [7, 11) is 0. The third-order valence-corrected chi connectivity index (χ3v) is 8.73. The molecule has 0 bridgehead atoms. The fourth-order valence-corrected chi connectivity index (χ4v) is 6.80. The lowest BCUT2D eigenvalue weighted by molar-refractivity contribution is -0.146. The highest BCUT2D eigenvalue weighted by atomic mass is 16.6. The average molecular weight is 585 g/mol. The Morgan fingerprint density at radius 1 is 1.17 bits per heavy atom. The van der Waals surface area contributed by atoms with Crippen molar-refractivity contribution in [1.82, 2.24) is 9.80 Å². The molecule has 1 saturated carbocycles. The number of hydrogen-bond donors (Lipinski definition) is 1. The SMILES string of the molecule is C=CCC(C(=O)N1C(=O)OC(c2ccccc2)C1C)C(O)[C@@H]1OC(C)(C)N(C(=O)OC(C)(C)C)[C@@H]1CC1CCCCC1. The maximum Gasteiger partial charge on any atom is 0.417 e. The molecule has 2 aliphatic heterocycles. The molecule has 3 amide bonds. The van der Waals surface area contributed by atoms with Gasteiger partial charge in [-0.1, -0.05) is 68.5 Å². The van der Waals surface area contributed by atoms with Gasteiger partial charge in [0.2, 0.25) is 5.91 Å². The second kappa shape index (κ2) is 12.8. The minimum Gasteiger partial charge on any atom is -0.444 e. The first-order valence-corrected chi connectivity index (χ1v) is 15.3. The van der Waals surface area contributed by atoms with E-state index >= 15 is 0 Å². The Balaban J connectivity index is 1.63. The normalized spacial score (nSPS) is 27.8. The number of rotatable bonds is 8. The van der Waals surface area contributed by atoms with Gasteiger partial charge in [-0.2, -0.15) is 0 Å². The number of benzene rings is 1. The Hall–Kier alpha value is -2.91. The number of nitrogens with zero attached hydrogens (tertiary/aromatic N) is 2. The van der Waals surface area contributed by atoms with E-state index in [9.17, 15) is 19.5 Å². The standard InChI is InChI=1S/C33H48N2O7/c1-8-15-24(29(37)34-21(2)27(40-30(34)38)23-18-13-10-14-19-23)26(36)28-25(20-22-16-11-9-12-17-22)35(33(6,7)41-28)31(39)42-32(3,4)5/h8,10,13-14,18-19,21-22,24-28,36H,1,9,11-12,15-17,20H2,2-7H3/t21?,24?,25-,26?,27?,28-/m1/s1. The predicted molar refractivity (Wildman–Crippen MR) is 158 cm³/mol. The number of cyclic esters (lactones) is 1. The number of hydrogen-bond acceptors (Lipinski definition) is 7. The fourth-order valence-electron chi connectivity index (χ4n) is 6.80. The van der Waals surface area contributed by atoms with E-state index in [4.69, 9.17) is 14.2 Å². The van der Waals surface area contributed by atoms with Gasteiger partial charge in [0, 0.05) is 0 Å². The molecule has 6 atom stereocenters. The number of carbonyl (C=O) groups is 3. The lowest BCUT2D eigenvalue weighted by atomic mass is 9.81. The lowest BCUT2D eigenvalue weighted by Gasteiger charge is -2.37.